The minimum absolute atomic E-state index is 0.509. The number of rotatable bonds is 2. The normalized spacial score (nSPS) is 11.8. The van der Waals surface area contributed by atoms with E-state index >= 15 is 0 Å². The highest BCUT2D eigenvalue weighted by atomic mass is 16.3. The van der Waals surface area contributed by atoms with Gasteiger partial charge < -0.3 is 4.42 Å². The maximum Gasteiger partial charge on any atom is 0.144 e. The quantitative estimate of drug-likeness (QED) is 0.349. The molecular formula is C24H19NO. The van der Waals surface area contributed by atoms with E-state index in [1.807, 2.05) is 24.4 Å². The van der Waals surface area contributed by atoms with E-state index in [2.05, 4.69) is 62.4 Å². The van der Waals surface area contributed by atoms with Crippen LogP contribution in [-0.4, -0.2) is 4.98 Å². The first-order valence-electron chi connectivity index (χ1n) is 9.01. The molecule has 5 aromatic rings. The topological polar surface area (TPSA) is 26.0 Å². The molecule has 2 aromatic heterocycles. The Hall–Kier alpha value is -3.13. The first-order chi connectivity index (χ1) is 12.7. The number of benzene rings is 3. The Balaban J connectivity index is 1.83. The molecule has 3 aromatic carbocycles. The van der Waals surface area contributed by atoms with Crippen LogP contribution < -0.4 is 0 Å². The molecule has 0 N–H and O–H groups in total. The number of furan rings is 1. The fourth-order valence-electron chi connectivity index (χ4n) is 3.70. The Morgan fingerprint density at radius 2 is 1.65 bits per heavy atom. The van der Waals surface area contributed by atoms with Crippen LogP contribution in [-0.2, 0) is 0 Å². The van der Waals surface area contributed by atoms with Crippen molar-refractivity contribution < 1.29 is 4.42 Å². The van der Waals surface area contributed by atoms with Crippen molar-refractivity contribution in [3.8, 4) is 11.3 Å². The number of fused-ring (bicyclic) bond motifs is 4. The lowest BCUT2D eigenvalue weighted by molar-refractivity contribution is 0.670. The Morgan fingerprint density at radius 3 is 2.54 bits per heavy atom. The number of hydrogen-bond donors (Lipinski definition) is 0. The molecule has 0 radical (unpaired) electrons. The lowest BCUT2D eigenvalue weighted by atomic mass is 9.97. The molecule has 0 saturated carbocycles. The fourth-order valence-corrected chi connectivity index (χ4v) is 3.70. The van der Waals surface area contributed by atoms with Crippen LogP contribution >= 0.6 is 0 Å². The number of para-hydroxylation sites is 2. The van der Waals surface area contributed by atoms with Gasteiger partial charge in [-0.05, 0) is 35.1 Å². The maximum atomic E-state index is 6.21. The zero-order valence-corrected chi connectivity index (χ0v) is 14.9. The molecule has 2 nitrogen and oxygen atoms in total. The summed E-state index contributed by atoms with van der Waals surface area (Å²) in [6.45, 7) is 4.44. The van der Waals surface area contributed by atoms with E-state index in [0.29, 0.717) is 5.92 Å². The first-order valence-corrected chi connectivity index (χ1v) is 9.01. The van der Waals surface area contributed by atoms with E-state index in [-0.39, 0.29) is 0 Å². The lowest BCUT2D eigenvalue weighted by Gasteiger charge is -2.10. The standard InChI is InChI=1S/C24H19NO/c1-15(2)16-10-11-18-17(14-16)12-13-25-23(18)21-8-5-7-20-19-6-3-4-9-22(19)26-24(20)21/h3-15H,1-2H3. The van der Waals surface area contributed by atoms with Gasteiger partial charge in [-0.1, -0.05) is 62.4 Å². The van der Waals surface area contributed by atoms with E-state index < -0.39 is 0 Å². The third kappa shape index (κ3) is 2.22. The van der Waals surface area contributed by atoms with Crippen LogP contribution in [0.25, 0.3) is 44.0 Å². The number of nitrogens with zero attached hydrogens (tertiary/aromatic N) is 1. The zero-order valence-electron chi connectivity index (χ0n) is 14.9. The maximum absolute atomic E-state index is 6.21. The molecule has 0 unspecified atom stereocenters. The van der Waals surface area contributed by atoms with Gasteiger partial charge in [0.1, 0.15) is 11.2 Å². The van der Waals surface area contributed by atoms with Gasteiger partial charge in [-0.25, -0.2) is 0 Å². The average molecular weight is 337 g/mol. The van der Waals surface area contributed by atoms with E-state index in [4.69, 9.17) is 9.40 Å². The third-order valence-corrected chi connectivity index (χ3v) is 5.11. The molecule has 5 rings (SSSR count). The summed E-state index contributed by atoms with van der Waals surface area (Å²) >= 11 is 0. The highest BCUT2D eigenvalue weighted by Gasteiger charge is 2.15. The molecule has 0 fully saturated rings. The molecule has 0 spiro atoms. The Kier molecular flexibility index (Phi) is 3.32. The van der Waals surface area contributed by atoms with Gasteiger partial charge in [0.2, 0.25) is 0 Å². The van der Waals surface area contributed by atoms with Crippen molar-refractivity contribution in [2.45, 2.75) is 19.8 Å². The van der Waals surface area contributed by atoms with Crippen molar-refractivity contribution in [2.75, 3.05) is 0 Å². The van der Waals surface area contributed by atoms with Crippen LogP contribution in [0.4, 0.5) is 0 Å². The highest BCUT2D eigenvalue weighted by Crippen LogP contribution is 2.37. The second kappa shape index (κ2) is 5.70. The Labute approximate surface area is 152 Å². The predicted octanol–water partition coefficient (Wildman–Crippen LogP) is 6.92. The minimum atomic E-state index is 0.509. The van der Waals surface area contributed by atoms with E-state index in [1.165, 1.54) is 10.9 Å². The SMILES string of the molecule is CC(C)c1ccc2c(-c3cccc4c3oc3ccccc34)nccc2c1. The molecule has 0 aliphatic heterocycles. The van der Waals surface area contributed by atoms with Crippen LogP contribution in [0.3, 0.4) is 0 Å². The zero-order chi connectivity index (χ0) is 17.7. The van der Waals surface area contributed by atoms with Crippen LogP contribution in [0.5, 0.6) is 0 Å². The summed E-state index contributed by atoms with van der Waals surface area (Å²) in [6, 6.07) is 23.2. The third-order valence-electron chi connectivity index (χ3n) is 5.11. The number of aromatic nitrogens is 1. The average Bonchev–Trinajstić information content (AvgIpc) is 3.06. The van der Waals surface area contributed by atoms with Gasteiger partial charge in [-0.3, -0.25) is 4.98 Å². The van der Waals surface area contributed by atoms with Crippen LogP contribution in [0.1, 0.15) is 25.3 Å². The predicted molar refractivity (Wildman–Crippen MR) is 109 cm³/mol. The summed E-state index contributed by atoms with van der Waals surface area (Å²) in [5.74, 6) is 0.509. The second-order valence-corrected chi connectivity index (χ2v) is 7.08. The first kappa shape index (κ1) is 15.2. The van der Waals surface area contributed by atoms with Gasteiger partial charge in [0.05, 0.1) is 5.69 Å². The van der Waals surface area contributed by atoms with Crippen molar-refractivity contribution in [1.82, 2.24) is 4.98 Å². The van der Waals surface area contributed by atoms with Crippen LogP contribution in [0.15, 0.2) is 77.3 Å². The molecule has 0 atom stereocenters. The van der Waals surface area contributed by atoms with Gasteiger partial charge in [-0.15, -0.1) is 0 Å². The summed E-state index contributed by atoms with van der Waals surface area (Å²) in [6.07, 6.45) is 1.89. The number of pyridine rings is 1. The molecule has 26 heavy (non-hydrogen) atoms. The van der Waals surface area contributed by atoms with Crippen molar-refractivity contribution in [3.05, 3.63) is 78.5 Å². The van der Waals surface area contributed by atoms with Gasteiger partial charge in [0, 0.05) is 27.9 Å². The molecule has 0 aliphatic carbocycles. The monoisotopic (exact) mass is 337 g/mol. The second-order valence-electron chi connectivity index (χ2n) is 7.08. The molecule has 126 valence electrons. The van der Waals surface area contributed by atoms with E-state index in [1.54, 1.807) is 0 Å². The van der Waals surface area contributed by atoms with Gasteiger partial charge >= 0.3 is 0 Å². The molecule has 0 aliphatic rings. The van der Waals surface area contributed by atoms with Crippen LogP contribution in [0, 0.1) is 0 Å². The van der Waals surface area contributed by atoms with Gasteiger partial charge in [0.15, 0.2) is 0 Å². The molecule has 0 saturated heterocycles. The lowest BCUT2D eigenvalue weighted by Crippen LogP contribution is -1.90. The molecular weight excluding hydrogens is 318 g/mol. The highest BCUT2D eigenvalue weighted by molar-refractivity contribution is 6.11. The minimum Gasteiger partial charge on any atom is -0.455 e. The number of hydrogen-bond acceptors (Lipinski definition) is 2. The van der Waals surface area contributed by atoms with Crippen molar-refractivity contribution in [1.29, 1.82) is 0 Å². The Bertz CT molecular complexity index is 1260. The van der Waals surface area contributed by atoms with Crippen molar-refractivity contribution >= 4 is 32.7 Å². The largest absolute Gasteiger partial charge is 0.455 e. The smallest absolute Gasteiger partial charge is 0.144 e. The summed E-state index contributed by atoms with van der Waals surface area (Å²) in [4.78, 5) is 4.71. The summed E-state index contributed by atoms with van der Waals surface area (Å²) in [5.41, 5.74) is 5.18. The van der Waals surface area contributed by atoms with E-state index in [9.17, 15) is 0 Å². The van der Waals surface area contributed by atoms with Crippen molar-refractivity contribution in [2.24, 2.45) is 0 Å². The fraction of sp³-hybridized carbons (Fsp3) is 0.125. The summed E-state index contributed by atoms with van der Waals surface area (Å²) in [7, 11) is 0. The van der Waals surface area contributed by atoms with E-state index in [0.717, 1.165) is 38.6 Å². The van der Waals surface area contributed by atoms with Crippen LogP contribution in [0.2, 0.25) is 0 Å². The molecule has 2 heterocycles. The Morgan fingerprint density at radius 1 is 0.808 bits per heavy atom. The van der Waals surface area contributed by atoms with Gasteiger partial charge in [0.25, 0.3) is 0 Å². The molecule has 0 amide bonds. The van der Waals surface area contributed by atoms with Gasteiger partial charge in [-0.2, -0.15) is 0 Å². The molecule has 2 heteroatoms. The molecule has 0 bridgehead atoms. The van der Waals surface area contributed by atoms with Crippen molar-refractivity contribution in [3.63, 3.8) is 0 Å². The summed E-state index contributed by atoms with van der Waals surface area (Å²) in [5, 5.41) is 4.65. The summed E-state index contributed by atoms with van der Waals surface area (Å²) < 4.78 is 6.21.